The van der Waals surface area contributed by atoms with Crippen molar-refractivity contribution >= 4 is 0 Å². The molecular weight excluding hydrogens is 241 g/mol. The first kappa shape index (κ1) is 13.6. The lowest BCUT2D eigenvalue weighted by atomic mass is 9.94. The molecule has 2 aromatic carbocycles. The van der Waals surface area contributed by atoms with E-state index in [1.165, 1.54) is 6.07 Å². The quantitative estimate of drug-likeness (QED) is 0.880. The molecule has 0 saturated carbocycles. The highest BCUT2D eigenvalue weighted by atomic mass is 19.1. The number of benzene rings is 2. The van der Waals surface area contributed by atoms with E-state index in [4.69, 9.17) is 5.73 Å². The summed E-state index contributed by atoms with van der Waals surface area (Å²) in [5.74, 6) is 0.229. The number of rotatable bonds is 4. The summed E-state index contributed by atoms with van der Waals surface area (Å²) in [5, 5.41) is 9.28. The molecular formula is C16H18FNO. The Bertz CT molecular complexity index is 551. The monoisotopic (exact) mass is 259 g/mol. The third-order valence-corrected chi connectivity index (χ3v) is 3.34. The molecule has 0 aliphatic carbocycles. The first-order valence-corrected chi connectivity index (χ1v) is 6.40. The highest BCUT2D eigenvalue weighted by molar-refractivity contribution is 5.65. The zero-order valence-electron chi connectivity index (χ0n) is 10.9. The second-order valence-corrected chi connectivity index (χ2v) is 4.76. The molecule has 0 saturated heterocycles. The van der Waals surface area contributed by atoms with Crippen molar-refractivity contribution in [3.63, 3.8) is 0 Å². The van der Waals surface area contributed by atoms with Crippen LogP contribution in [0.15, 0.2) is 42.5 Å². The van der Waals surface area contributed by atoms with Crippen LogP contribution in [0.25, 0.3) is 11.1 Å². The maximum absolute atomic E-state index is 13.9. The third kappa shape index (κ3) is 3.12. The Hall–Kier alpha value is -1.87. The Kier molecular flexibility index (Phi) is 4.17. The van der Waals surface area contributed by atoms with Crippen molar-refractivity contribution in [2.75, 3.05) is 6.54 Å². The molecule has 0 bridgehead atoms. The van der Waals surface area contributed by atoms with E-state index < -0.39 is 0 Å². The Morgan fingerprint density at radius 2 is 1.84 bits per heavy atom. The molecule has 0 aromatic heterocycles. The van der Waals surface area contributed by atoms with E-state index in [1.807, 2.05) is 6.07 Å². The van der Waals surface area contributed by atoms with Crippen molar-refractivity contribution in [2.24, 2.45) is 5.73 Å². The molecule has 2 aromatic rings. The summed E-state index contributed by atoms with van der Waals surface area (Å²) in [6, 6.07) is 11.7. The molecule has 2 nitrogen and oxygen atoms in total. The first-order chi connectivity index (χ1) is 9.11. The van der Waals surface area contributed by atoms with Gasteiger partial charge in [0.1, 0.15) is 11.6 Å². The van der Waals surface area contributed by atoms with Gasteiger partial charge in [0, 0.05) is 5.56 Å². The third-order valence-electron chi connectivity index (χ3n) is 3.34. The number of nitrogens with two attached hydrogens (primary N) is 1. The molecule has 19 heavy (non-hydrogen) atoms. The van der Waals surface area contributed by atoms with Crippen molar-refractivity contribution in [2.45, 2.75) is 19.3 Å². The molecule has 1 unspecified atom stereocenters. The van der Waals surface area contributed by atoms with Crippen LogP contribution in [-0.4, -0.2) is 11.7 Å². The van der Waals surface area contributed by atoms with E-state index in [2.05, 4.69) is 6.92 Å². The van der Waals surface area contributed by atoms with Crippen molar-refractivity contribution in [1.29, 1.82) is 0 Å². The summed E-state index contributed by atoms with van der Waals surface area (Å²) in [6.45, 7) is 2.70. The van der Waals surface area contributed by atoms with Crippen LogP contribution in [0.5, 0.6) is 5.75 Å². The molecule has 0 fully saturated rings. The van der Waals surface area contributed by atoms with Gasteiger partial charge in [-0.25, -0.2) is 4.39 Å². The predicted octanol–water partition coefficient (Wildman–Crippen LogP) is 3.65. The molecule has 3 N–H and O–H groups in total. The summed E-state index contributed by atoms with van der Waals surface area (Å²) < 4.78 is 13.9. The standard InChI is InChI=1S/C16H18FNO/c1-11(8-9-18)13-4-7-16(17)15(10-13)12-2-5-14(19)6-3-12/h2-7,10-11,19H,8-9,18H2,1H3. The molecule has 0 heterocycles. The molecule has 1 atom stereocenters. The van der Waals surface area contributed by atoms with Gasteiger partial charge in [0.05, 0.1) is 0 Å². The molecule has 3 heteroatoms. The van der Waals surface area contributed by atoms with E-state index in [9.17, 15) is 9.50 Å². The van der Waals surface area contributed by atoms with Crippen LogP contribution in [0.4, 0.5) is 4.39 Å². The zero-order valence-corrected chi connectivity index (χ0v) is 10.9. The van der Waals surface area contributed by atoms with Crippen LogP contribution in [0.3, 0.4) is 0 Å². The average Bonchev–Trinajstić information content (AvgIpc) is 2.41. The van der Waals surface area contributed by atoms with E-state index in [-0.39, 0.29) is 11.6 Å². The highest BCUT2D eigenvalue weighted by Gasteiger charge is 2.10. The van der Waals surface area contributed by atoms with Gasteiger partial charge < -0.3 is 10.8 Å². The molecule has 0 amide bonds. The number of aromatic hydroxyl groups is 1. The second-order valence-electron chi connectivity index (χ2n) is 4.76. The Morgan fingerprint density at radius 1 is 1.16 bits per heavy atom. The van der Waals surface area contributed by atoms with Gasteiger partial charge in [-0.2, -0.15) is 0 Å². The number of halogens is 1. The smallest absolute Gasteiger partial charge is 0.131 e. The van der Waals surface area contributed by atoms with Crippen LogP contribution in [0, 0.1) is 5.82 Å². The lowest BCUT2D eigenvalue weighted by molar-refractivity contribution is 0.475. The molecule has 0 aliphatic heterocycles. The van der Waals surface area contributed by atoms with Gasteiger partial charge in [0.25, 0.3) is 0 Å². The lowest BCUT2D eigenvalue weighted by Crippen LogP contribution is -2.04. The normalized spacial score (nSPS) is 12.4. The largest absolute Gasteiger partial charge is 0.508 e. The first-order valence-electron chi connectivity index (χ1n) is 6.40. The maximum Gasteiger partial charge on any atom is 0.131 e. The van der Waals surface area contributed by atoms with Crippen LogP contribution in [-0.2, 0) is 0 Å². The fraction of sp³-hybridized carbons (Fsp3) is 0.250. The Labute approximate surface area is 112 Å². The fourth-order valence-corrected chi connectivity index (χ4v) is 2.13. The summed E-state index contributed by atoms with van der Waals surface area (Å²) in [5.41, 5.74) is 7.96. The fourth-order valence-electron chi connectivity index (χ4n) is 2.13. The van der Waals surface area contributed by atoms with E-state index >= 15 is 0 Å². The summed E-state index contributed by atoms with van der Waals surface area (Å²) in [4.78, 5) is 0. The predicted molar refractivity (Wildman–Crippen MR) is 75.6 cm³/mol. The number of hydrogen-bond acceptors (Lipinski definition) is 2. The second kappa shape index (κ2) is 5.85. The molecule has 0 aliphatic rings. The van der Waals surface area contributed by atoms with Crippen LogP contribution in [0.2, 0.25) is 0 Å². The summed E-state index contributed by atoms with van der Waals surface area (Å²) in [6.07, 6.45) is 0.876. The van der Waals surface area contributed by atoms with Crippen molar-refractivity contribution in [3.05, 3.63) is 53.8 Å². The highest BCUT2D eigenvalue weighted by Crippen LogP contribution is 2.29. The van der Waals surface area contributed by atoms with Crippen molar-refractivity contribution in [1.82, 2.24) is 0 Å². The van der Waals surface area contributed by atoms with Crippen LogP contribution < -0.4 is 5.73 Å². The van der Waals surface area contributed by atoms with Gasteiger partial charge in [-0.1, -0.05) is 25.1 Å². The maximum atomic E-state index is 13.9. The average molecular weight is 259 g/mol. The van der Waals surface area contributed by atoms with Crippen LogP contribution >= 0.6 is 0 Å². The van der Waals surface area contributed by atoms with E-state index in [0.29, 0.717) is 18.0 Å². The lowest BCUT2D eigenvalue weighted by Gasteiger charge is -2.13. The molecule has 100 valence electrons. The Balaban J connectivity index is 2.39. The van der Waals surface area contributed by atoms with Gasteiger partial charge >= 0.3 is 0 Å². The molecule has 0 spiro atoms. The van der Waals surface area contributed by atoms with Crippen LogP contribution in [0.1, 0.15) is 24.8 Å². The minimum Gasteiger partial charge on any atom is -0.508 e. The van der Waals surface area contributed by atoms with Gasteiger partial charge in [0.15, 0.2) is 0 Å². The summed E-state index contributed by atoms with van der Waals surface area (Å²) in [7, 11) is 0. The Morgan fingerprint density at radius 3 is 2.47 bits per heavy atom. The zero-order chi connectivity index (χ0) is 13.8. The number of phenols is 1. The van der Waals surface area contributed by atoms with Crippen molar-refractivity contribution < 1.29 is 9.50 Å². The number of phenolic OH excluding ortho intramolecular Hbond substituents is 1. The molecule has 0 radical (unpaired) electrons. The summed E-state index contributed by atoms with van der Waals surface area (Å²) >= 11 is 0. The van der Waals surface area contributed by atoms with E-state index in [0.717, 1.165) is 17.5 Å². The minimum absolute atomic E-state index is 0.178. The van der Waals surface area contributed by atoms with Gasteiger partial charge in [0.2, 0.25) is 0 Å². The van der Waals surface area contributed by atoms with Gasteiger partial charge in [-0.05, 0) is 54.3 Å². The SMILES string of the molecule is CC(CCN)c1ccc(F)c(-c2ccc(O)cc2)c1. The molecule has 2 rings (SSSR count). The minimum atomic E-state index is -0.255. The van der Waals surface area contributed by atoms with E-state index in [1.54, 1.807) is 30.3 Å². The van der Waals surface area contributed by atoms with Crippen molar-refractivity contribution in [3.8, 4) is 16.9 Å². The van der Waals surface area contributed by atoms with Gasteiger partial charge in [-0.15, -0.1) is 0 Å². The van der Waals surface area contributed by atoms with Gasteiger partial charge in [-0.3, -0.25) is 0 Å². The topological polar surface area (TPSA) is 46.2 Å². The number of hydrogen-bond donors (Lipinski definition) is 2.